The molecule has 0 bridgehead atoms. The molecule has 0 spiro atoms. The van der Waals surface area contributed by atoms with E-state index in [1.165, 1.54) is 0 Å². The third kappa shape index (κ3) is 5.67. The molecule has 0 saturated carbocycles. The van der Waals surface area contributed by atoms with Crippen LogP contribution in [0.5, 0.6) is 0 Å². The van der Waals surface area contributed by atoms with Gasteiger partial charge in [-0.1, -0.05) is 30.3 Å². The van der Waals surface area contributed by atoms with Crippen molar-refractivity contribution in [1.29, 1.82) is 0 Å². The topological polar surface area (TPSA) is 79.4 Å². The summed E-state index contributed by atoms with van der Waals surface area (Å²) in [4.78, 5) is 15.3. The Kier molecular flexibility index (Phi) is 6.05. The van der Waals surface area contributed by atoms with Crippen LogP contribution in [0, 0.1) is 6.92 Å². The van der Waals surface area contributed by atoms with Gasteiger partial charge >= 0.3 is 0 Å². The smallest absolute Gasteiger partial charge is 0.230 e. The summed E-state index contributed by atoms with van der Waals surface area (Å²) in [7, 11) is 4.08. The zero-order chi connectivity index (χ0) is 16.7. The van der Waals surface area contributed by atoms with E-state index in [9.17, 15) is 0 Å². The first-order valence-electron chi connectivity index (χ1n) is 7.67. The summed E-state index contributed by atoms with van der Waals surface area (Å²) in [6.45, 7) is 3.59. The van der Waals surface area contributed by atoms with Crippen LogP contribution >= 0.6 is 0 Å². The van der Waals surface area contributed by atoms with Gasteiger partial charge in [0.05, 0.1) is 5.69 Å². The molecule has 23 heavy (non-hydrogen) atoms. The Morgan fingerprint density at radius 3 is 2.65 bits per heavy atom. The monoisotopic (exact) mass is 312 g/mol. The predicted molar refractivity (Wildman–Crippen MR) is 95.5 cm³/mol. The van der Waals surface area contributed by atoms with Crippen LogP contribution in [0.4, 0.5) is 5.95 Å². The lowest BCUT2D eigenvalue weighted by Gasteiger charge is -2.09. The van der Waals surface area contributed by atoms with Gasteiger partial charge in [-0.05, 0) is 40.1 Å². The molecule has 6 heteroatoms. The van der Waals surface area contributed by atoms with E-state index in [0.717, 1.165) is 29.9 Å². The molecule has 0 aliphatic heterocycles. The van der Waals surface area contributed by atoms with E-state index >= 15 is 0 Å². The van der Waals surface area contributed by atoms with E-state index < -0.39 is 0 Å². The quantitative estimate of drug-likeness (QED) is 0.485. The van der Waals surface area contributed by atoms with Crippen LogP contribution in [0.3, 0.4) is 0 Å². The number of nitrogens with two attached hydrogens (primary N) is 1. The summed E-state index contributed by atoms with van der Waals surface area (Å²) in [6.07, 6.45) is 0.958. The van der Waals surface area contributed by atoms with Gasteiger partial charge < -0.3 is 10.6 Å². The second-order valence-corrected chi connectivity index (χ2v) is 5.63. The van der Waals surface area contributed by atoms with E-state index in [0.29, 0.717) is 18.5 Å². The molecule has 0 saturated heterocycles. The van der Waals surface area contributed by atoms with Crippen molar-refractivity contribution in [2.75, 3.05) is 32.5 Å². The minimum atomic E-state index is 0.341. The van der Waals surface area contributed by atoms with Crippen molar-refractivity contribution in [2.45, 2.75) is 13.3 Å². The van der Waals surface area contributed by atoms with Gasteiger partial charge in [-0.2, -0.15) is 0 Å². The van der Waals surface area contributed by atoms with Gasteiger partial charge in [-0.3, -0.25) is 10.3 Å². The summed E-state index contributed by atoms with van der Waals surface area (Å²) < 4.78 is 0. The van der Waals surface area contributed by atoms with E-state index in [2.05, 4.69) is 25.2 Å². The number of rotatable bonds is 6. The van der Waals surface area contributed by atoms with Gasteiger partial charge in [0, 0.05) is 17.8 Å². The molecule has 0 aliphatic rings. The predicted octanol–water partition coefficient (Wildman–Crippen LogP) is 2.13. The maximum Gasteiger partial charge on any atom is 0.230 e. The number of hydrogen-bond donors (Lipinski definition) is 2. The number of nitrogens with zero attached hydrogens (tertiary/aromatic N) is 4. The molecule has 0 fully saturated rings. The van der Waals surface area contributed by atoms with E-state index in [1.807, 2.05) is 57.4 Å². The Labute approximate surface area is 137 Å². The SMILES string of the molecule is Cc1cc(-c2ccccc2)nc(NC(N)=NCCCN(C)C)n1. The molecule has 0 atom stereocenters. The number of guanidine groups is 1. The van der Waals surface area contributed by atoms with Crippen LogP contribution in [-0.2, 0) is 0 Å². The summed E-state index contributed by atoms with van der Waals surface area (Å²) >= 11 is 0. The Hall–Kier alpha value is -2.47. The standard InChI is InChI=1S/C17H24N6/c1-13-12-15(14-8-5-4-6-9-14)21-17(20-13)22-16(18)19-10-7-11-23(2)3/h4-6,8-9,12H,7,10-11H2,1-3H3,(H3,18,19,20,21,22). The first kappa shape index (κ1) is 16.9. The molecule has 2 rings (SSSR count). The first-order valence-corrected chi connectivity index (χ1v) is 7.67. The third-order valence-electron chi connectivity index (χ3n) is 3.21. The van der Waals surface area contributed by atoms with Crippen molar-refractivity contribution < 1.29 is 0 Å². The first-order chi connectivity index (χ1) is 11.0. The highest BCUT2D eigenvalue weighted by Gasteiger charge is 2.05. The fourth-order valence-corrected chi connectivity index (χ4v) is 2.12. The molecule has 2 aromatic rings. The van der Waals surface area contributed by atoms with Gasteiger partial charge in [0.1, 0.15) is 0 Å². The van der Waals surface area contributed by atoms with Crippen molar-refractivity contribution in [3.8, 4) is 11.3 Å². The van der Waals surface area contributed by atoms with Crippen LogP contribution in [0.25, 0.3) is 11.3 Å². The van der Waals surface area contributed by atoms with Gasteiger partial charge in [0.15, 0.2) is 5.96 Å². The van der Waals surface area contributed by atoms with Gasteiger partial charge in [-0.25, -0.2) is 9.97 Å². The molecule has 3 N–H and O–H groups in total. The molecular formula is C17H24N6. The van der Waals surface area contributed by atoms with Gasteiger partial charge in [0.25, 0.3) is 0 Å². The molecular weight excluding hydrogens is 288 g/mol. The van der Waals surface area contributed by atoms with Crippen molar-refractivity contribution in [3.63, 3.8) is 0 Å². The third-order valence-corrected chi connectivity index (χ3v) is 3.21. The van der Waals surface area contributed by atoms with Crippen molar-refractivity contribution in [3.05, 3.63) is 42.1 Å². The van der Waals surface area contributed by atoms with Crippen LogP contribution in [-0.4, -0.2) is 48.0 Å². The largest absolute Gasteiger partial charge is 0.370 e. The number of anilines is 1. The highest BCUT2D eigenvalue weighted by Crippen LogP contribution is 2.18. The van der Waals surface area contributed by atoms with Crippen LogP contribution in [0.1, 0.15) is 12.1 Å². The molecule has 1 aromatic carbocycles. The van der Waals surface area contributed by atoms with E-state index in [1.54, 1.807) is 0 Å². The van der Waals surface area contributed by atoms with Gasteiger partial charge in [-0.15, -0.1) is 0 Å². The normalized spacial score (nSPS) is 11.7. The second kappa shape index (κ2) is 8.24. The van der Waals surface area contributed by atoms with Crippen molar-refractivity contribution in [2.24, 2.45) is 10.7 Å². The lowest BCUT2D eigenvalue weighted by atomic mass is 10.1. The Bertz CT molecular complexity index is 651. The molecule has 0 unspecified atom stereocenters. The molecule has 1 heterocycles. The zero-order valence-electron chi connectivity index (χ0n) is 14.0. The summed E-state index contributed by atoms with van der Waals surface area (Å²) in [5.41, 5.74) is 8.69. The highest BCUT2D eigenvalue weighted by molar-refractivity contribution is 5.90. The molecule has 122 valence electrons. The number of hydrogen-bond acceptors (Lipinski definition) is 4. The maximum atomic E-state index is 5.91. The van der Waals surface area contributed by atoms with Crippen LogP contribution < -0.4 is 11.1 Å². The van der Waals surface area contributed by atoms with E-state index in [4.69, 9.17) is 5.73 Å². The number of nitrogens with one attached hydrogen (secondary N) is 1. The van der Waals surface area contributed by atoms with Gasteiger partial charge in [0.2, 0.25) is 5.95 Å². The molecule has 0 radical (unpaired) electrons. The minimum Gasteiger partial charge on any atom is -0.370 e. The fourth-order valence-electron chi connectivity index (χ4n) is 2.12. The van der Waals surface area contributed by atoms with Crippen LogP contribution in [0.15, 0.2) is 41.4 Å². The van der Waals surface area contributed by atoms with Crippen molar-refractivity contribution >= 4 is 11.9 Å². The average Bonchev–Trinajstić information content (AvgIpc) is 2.52. The summed E-state index contributed by atoms with van der Waals surface area (Å²) in [5.74, 6) is 0.811. The van der Waals surface area contributed by atoms with Crippen molar-refractivity contribution in [1.82, 2.24) is 14.9 Å². The number of aromatic nitrogens is 2. The highest BCUT2D eigenvalue weighted by atomic mass is 15.2. The van der Waals surface area contributed by atoms with E-state index in [-0.39, 0.29) is 0 Å². The number of aliphatic imine (C=N–C) groups is 1. The Morgan fingerprint density at radius 1 is 1.22 bits per heavy atom. The zero-order valence-corrected chi connectivity index (χ0v) is 14.0. The lowest BCUT2D eigenvalue weighted by Crippen LogP contribution is -2.25. The minimum absolute atomic E-state index is 0.341. The Balaban J connectivity index is 2.05. The maximum absolute atomic E-state index is 5.91. The molecule has 6 nitrogen and oxygen atoms in total. The molecule has 1 aromatic heterocycles. The lowest BCUT2D eigenvalue weighted by molar-refractivity contribution is 0.403. The summed E-state index contributed by atoms with van der Waals surface area (Å²) in [5, 5.41) is 2.97. The second-order valence-electron chi connectivity index (χ2n) is 5.63. The summed E-state index contributed by atoms with van der Waals surface area (Å²) in [6, 6.07) is 11.9. The fraction of sp³-hybridized carbons (Fsp3) is 0.353. The number of aryl methyl sites for hydroxylation is 1. The Morgan fingerprint density at radius 2 is 1.96 bits per heavy atom. The molecule has 0 amide bonds. The average molecular weight is 312 g/mol. The number of benzene rings is 1. The molecule has 0 aliphatic carbocycles. The van der Waals surface area contributed by atoms with Crippen LogP contribution in [0.2, 0.25) is 0 Å².